The summed E-state index contributed by atoms with van der Waals surface area (Å²) in [6.45, 7) is 2.55. The molecule has 3 aromatic rings. The number of aromatic nitrogens is 1. The summed E-state index contributed by atoms with van der Waals surface area (Å²) >= 11 is 18.2. The molecule has 0 unspecified atom stereocenters. The lowest BCUT2D eigenvalue weighted by Crippen LogP contribution is -2.30. The molecule has 30 heavy (non-hydrogen) atoms. The van der Waals surface area contributed by atoms with Crippen molar-refractivity contribution in [2.24, 2.45) is 0 Å². The van der Waals surface area contributed by atoms with Gasteiger partial charge in [0.15, 0.2) is 0 Å². The first-order valence-electron chi connectivity index (χ1n) is 9.14. The maximum Gasteiger partial charge on any atom is 0.274 e. The van der Waals surface area contributed by atoms with Crippen LogP contribution < -0.4 is 5.32 Å². The predicted octanol–water partition coefficient (Wildman–Crippen LogP) is 5.96. The standard InChI is InChI=1S/C22H18Cl3N3O2/c1-2-28(22(30)14-6-8-17(24)18(25)12-14)13-15-11-16(23)7-9-19(15)27-21(29)20-5-3-4-10-26-20/h3-12H,2,13H2,1H3,(H,27,29). The van der Waals surface area contributed by atoms with Crippen LogP contribution in [-0.4, -0.2) is 28.2 Å². The Morgan fingerprint density at radius 3 is 2.47 bits per heavy atom. The van der Waals surface area contributed by atoms with E-state index in [1.807, 2.05) is 6.92 Å². The Balaban J connectivity index is 1.85. The molecule has 0 saturated heterocycles. The van der Waals surface area contributed by atoms with Gasteiger partial charge in [-0.1, -0.05) is 40.9 Å². The number of halogens is 3. The van der Waals surface area contributed by atoms with Gasteiger partial charge in [-0.3, -0.25) is 14.6 Å². The number of hydrogen-bond donors (Lipinski definition) is 1. The zero-order valence-electron chi connectivity index (χ0n) is 16.0. The molecular formula is C22H18Cl3N3O2. The Morgan fingerprint density at radius 2 is 1.80 bits per heavy atom. The molecule has 0 fully saturated rings. The Morgan fingerprint density at radius 1 is 1.00 bits per heavy atom. The van der Waals surface area contributed by atoms with Gasteiger partial charge in [-0.15, -0.1) is 0 Å². The fraction of sp³-hybridized carbons (Fsp3) is 0.136. The van der Waals surface area contributed by atoms with Crippen molar-refractivity contribution in [1.29, 1.82) is 0 Å². The van der Waals surface area contributed by atoms with Gasteiger partial charge >= 0.3 is 0 Å². The van der Waals surface area contributed by atoms with Crippen LogP contribution in [0.4, 0.5) is 5.69 Å². The van der Waals surface area contributed by atoms with Crippen molar-refractivity contribution in [3.8, 4) is 0 Å². The number of hydrogen-bond acceptors (Lipinski definition) is 3. The quantitative estimate of drug-likeness (QED) is 0.492. The second-order valence-corrected chi connectivity index (χ2v) is 7.67. The lowest BCUT2D eigenvalue weighted by Gasteiger charge is -2.23. The van der Waals surface area contributed by atoms with Gasteiger partial charge in [0.2, 0.25) is 0 Å². The number of carbonyl (C=O) groups excluding carboxylic acids is 2. The Hall–Kier alpha value is -2.60. The highest BCUT2D eigenvalue weighted by Gasteiger charge is 2.18. The van der Waals surface area contributed by atoms with Gasteiger partial charge in [-0.05, 0) is 61.0 Å². The highest BCUT2D eigenvalue weighted by atomic mass is 35.5. The molecule has 0 saturated carbocycles. The van der Waals surface area contributed by atoms with Gasteiger partial charge in [0.05, 0.1) is 10.0 Å². The van der Waals surface area contributed by atoms with E-state index in [4.69, 9.17) is 34.8 Å². The minimum atomic E-state index is -0.349. The van der Waals surface area contributed by atoms with Crippen molar-refractivity contribution in [1.82, 2.24) is 9.88 Å². The van der Waals surface area contributed by atoms with Crippen LogP contribution in [0, 0.1) is 0 Å². The molecule has 0 spiro atoms. The van der Waals surface area contributed by atoms with Crippen LogP contribution in [0.2, 0.25) is 15.1 Å². The largest absolute Gasteiger partial charge is 0.335 e. The minimum absolute atomic E-state index is 0.210. The third kappa shape index (κ3) is 5.30. The van der Waals surface area contributed by atoms with Crippen LogP contribution in [0.15, 0.2) is 60.8 Å². The average molecular weight is 463 g/mol. The predicted molar refractivity (Wildman–Crippen MR) is 121 cm³/mol. The molecule has 0 aliphatic rings. The Bertz CT molecular complexity index is 1070. The number of pyridine rings is 1. The topological polar surface area (TPSA) is 62.3 Å². The van der Waals surface area contributed by atoms with Crippen LogP contribution in [-0.2, 0) is 6.54 Å². The van der Waals surface area contributed by atoms with Gasteiger partial charge in [-0.2, -0.15) is 0 Å². The van der Waals surface area contributed by atoms with Crippen LogP contribution >= 0.6 is 34.8 Å². The SMILES string of the molecule is CCN(Cc1cc(Cl)ccc1NC(=O)c1ccccn1)C(=O)c1ccc(Cl)c(Cl)c1. The summed E-state index contributed by atoms with van der Waals surface area (Å²) in [6.07, 6.45) is 1.55. The molecular weight excluding hydrogens is 445 g/mol. The van der Waals surface area contributed by atoms with Crippen molar-refractivity contribution in [3.05, 3.63) is 92.7 Å². The lowest BCUT2D eigenvalue weighted by atomic mass is 10.1. The zero-order valence-corrected chi connectivity index (χ0v) is 18.3. The molecule has 1 heterocycles. The zero-order chi connectivity index (χ0) is 21.7. The lowest BCUT2D eigenvalue weighted by molar-refractivity contribution is 0.0753. The van der Waals surface area contributed by atoms with Gasteiger partial charge in [-0.25, -0.2) is 0 Å². The summed E-state index contributed by atoms with van der Waals surface area (Å²) < 4.78 is 0. The van der Waals surface area contributed by atoms with Gasteiger partial charge in [0.25, 0.3) is 11.8 Å². The smallest absolute Gasteiger partial charge is 0.274 e. The fourth-order valence-electron chi connectivity index (χ4n) is 2.84. The number of nitrogens with zero attached hydrogens (tertiary/aromatic N) is 2. The molecule has 0 bridgehead atoms. The molecule has 0 aliphatic carbocycles. The van der Waals surface area contributed by atoms with E-state index in [1.165, 1.54) is 6.07 Å². The van der Waals surface area contributed by atoms with E-state index in [9.17, 15) is 9.59 Å². The first kappa shape index (κ1) is 22.1. The van der Waals surface area contributed by atoms with Crippen LogP contribution in [0.5, 0.6) is 0 Å². The maximum absolute atomic E-state index is 13.0. The second kappa shape index (κ2) is 9.94. The van der Waals surface area contributed by atoms with E-state index in [0.29, 0.717) is 38.4 Å². The molecule has 2 amide bonds. The van der Waals surface area contributed by atoms with Gasteiger partial charge in [0.1, 0.15) is 5.69 Å². The van der Waals surface area contributed by atoms with E-state index in [1.54, 1.807) is 59.6 Å². The molecule has 5 nitrogen and oxygen atoms in total. The summed E-state index contributed by atoms with van der Waals surface area (Å²) in [5.74, 6) is -0.559. The molecule has 0 radical (unpaired) electrons. The molecule has 3 rings (SSSR count). The third-order valence-corrected chi connectivity index (χ3v) is 5.38. The molecule has 8 heteroatoms. The third-order valence-electron chi connectivity index (χ3n) is 4.41. The van der Waals surface area contributed by atoms with Crippen molar-refractivity contribution in [3.63, 3.8) is 0 Å². The number of rotatable bonds is 6. The number of benzene rings is 2. The van der Waals surface area contributed by atoms with Crippen LogP contribution in [0.3, 0.4) is 0 Å². The second-order valence-electron chi connectivity index (χ2n) is 6.42. The number of nitrogens with one attached hydrogen (secondary N) is 1. The van der Waals surface area contributed by atoms with Gasteiger partial charge < -0.3 is 10.2 Å². The van der Waals surface area contributed by atoms with E-state index in [-0.39, 0.29) is 24.1 Å². The first-order chi connectivity index (χ1) is 14.4. The van der Waals surface area contributed by atoms with Crippen molar-refractivity contribution in [2.75, 3.05) is 11.9 Å². The number of carbonyl (C=O) groups is 2. The van der Waals surface area contributed by atoms with E-state index in [2.05, 4.69) is 10.3 Å². The van der Waals surface area contributed by atoms with Crippen molar-refractivity contribution in [2.45, 2.75) is 13.5 Å². The van der Waals surface area contributed by atoms with Crippen LogP contribution in [0.1, 0.15) is 33.3 Å². The number of anilines is 1. The highest BCUT2D eigenvalue weighted by molar-refractivity contribution is 6.42. The average Bonchev–Trinajstić information content (AvgIpc) is 2.75. The maximum atomic E-state index is 13.0. The summed E-state index contributed by atoms with van der Waals surface area (Å²) in [4.78, 5) is 31.2. The minimum Gasteiger partial charge on any atom is -0.335 e. The van der Waals surface area contributed by atoms with E-state index < -0.39 is 0 Å². The summed E-state index contributed by atoms with van der Waals surface area (Å²) in [5, 5.41) is 4.03. The van der Waals surface area contributed by atoms with Crippen molar-refractivity contribution < 1.29 is 9.59 Å². The van der Waals surface area contributed by atoms with E-state index >= 15 is 0 Å². The van der Waals surface area contributed by atoms with Crippen LogP contribution in [0.25, 0.3) is 0 Å². The molecule has 1 aromatic heterocycles. The molecule has 0 aliphatic heterocycles. The monoisotopic (exact) mass is 461 g/mol. The summed E-state index contributed by atoms with van der Waals surface area (Å²) in [6, 6.07) is 14.9. The molecule has 154 valence electrons. The molecule has 2 aromatic carbocycles. The van der Waals surface area contributed by atoms with E-state index in [0.717, 1.165) is 0 Å². The highest BCUT2D eigenvalue weighted by Crippen LogP contribution is 2.26. The Labute approximate surface area is 189 Å². The van der Waals surface area contributed by atoms with Crippen molar-refractivity contribution >= 4 is 52.3 Å². The Kier molecular flexibility index (Phi) is 7.32. The fourth-order valence-corrected chi connectivity index (χ4v) is 3.34. The molecule has 0 atom stereocenters. The summed E-state index contributed by atoms with van der Waals surface area (Å²) in [7, 11) is 0. The summed E-state index contributed by atoms with van der Waals surface area (Å²) in [5.41, 5.74) is 1.96. The number of amides is 2. The molecule has 1 N–H and O–H groups in total. The van der Waals surface area contributed by atoms with Gasteiger partial charge in [0, 0.05) is 35.6 Å². The first-order valence-corrected chi connectivity index (χ1v) is 10.3. The normalized spacial score (nSPS) is 10.5.